The Balaban J connectivity index is 5.19. The predicted molar refractivity (Wildman–Crippen MR) is 122 cm³/mol. The minimum atomic E-state index is -2.06. The molecule has 0 unspecified atom stereocenters. The second kappa shape index (κ2) is 12.1. The van der Waals surface area contributed by atoms with Gasteiger partial charge < -0.3 is 0 Å². The number of hydrogen-bond acceptors (Lipinski definition) is 1. The van der Waals surface area contributed by atoms with Crippen molar-refractivity contribution >= 4 is 26.7 Å². The number of rotatable bonds is 13. The van der Waals surface area contributed by atoms with Crippen LogP contribution in [0.3, 0.4) is 0 Å². The van der Waals surface area contributed by atoms with Gasteiger partial charge in [-0.25, -0.2) is 0 Å². The Morgan fingerprint density at radius 3 is 1.60 bits per heavy atom. The van der Waals surface area contributed by atoms with Crippen molar-refractivity contribution in [2.45, 2.75) is 123 Å². The van der Waals surface area contributed by atoms with Crippen LogP contribution in [0.4, 0.5) is 0 Å². The molecule has 0 aliphatic carbocycles. The maximum absolute atomic E-state index is 6.43. The average molecular weight is 475 g/mol. The zero-order valence-corrected chi connectivity index (χ0v) is 22.9. The van der Waals surface area contributed by atoms with E-state index in [0.29, 0.717) is 0 Å². The van der Waals surface area contributed by atoms with Crippen LogP contribution in [-0.2, 0) is 4.43 Å². The van der Waals surface area contributed by atoms with Crippen molar-refractivity contribution in [2.75, 3.05) is 0 Å². The first-order chi connectivity index (χ1) is 11.5. The van der Waals surface area contributed by atoms with E-state index in [4.69, 9.17) is 4.43 Å². The standard InChI is InChI=1S/C10H21OSi.3C4H9.Sn/c1-9(2)8-11-12(6,7)10(3,4)5;3*1-3-4-2;/h8H,1H2,2-7H3;3*1,3-4H2,2H3;/b9-8+;;;;. The molecule has 0 atom stereocenters. The van der Waals surface area contributed by atoms with Gasteiger partial charge in [-0.1, -0.05) is 0 Å². The van der Waals surface area contributed by atoms with Gasteiger partial charge >= 0.3 is 166 Å². The molecule has 0 N–H and O–H groups in total. The first-order valence-corrected chi connectivity index (χ1v) is 21.8. The van der Waals surface area contributed by atoms with Crippen LogP contribution >= 0.6 is 0 Å². The van der Waals surface area contributed by atoms with E-state index in [9.17, 15) is 0 Å². The maximum atomic E-state index is 6.43. The van der Waals surface area contributed by atoms with Crippen LogP contribution in [0.25, 0.3) is 0 Å². The van der Waals surface area contributed by atoms with Crippen LogP contribution in [0.2, 0.25) is 35.9 Å². The summed E-state index contributed by atoms with van der Waals surface area (Å²) in [5, 5.41) is 0.288. The molecule has 0 saturated heterocycles. The zero-order chi connectivity index (χ0) is 19.6. The van der Waals surface area contributed by atoms with E-state index < -0.39 is 26.7 Å². The molecule has 0 spiro atoms. The van der Waals surface area contributed by atoms with Gasteiger partial charge in [0.25, 0.3) is 0 Å². The van der Waals surface area contributed by atoms with Crippen LogP contribution in [0.5, 0.6) is 0 Å². The molecular formula is C22H48OSiSn. The molecule has 25 heavy (non-hydrogen) atoms. The van der Waals surface area contributed by atoms with E-state index >= 15 is 0 Å². The molecule has 0 bridgehead atoms. The second-order valence-electron chi connectivity index (χ2n) is 9.83. The Hall–Kier alpha value is 0.556. The Morgan fingerprint density at radius 2 is 1.28 bits per heavy atom. The van der Waals surface area contributed by atoms with Crippen molar-refractivity contribution < 1.29 is 4.43 Å². The average Bonchev–Trinajstić information content (AvgIpc) is 2.53. The Morgan fingerprint density at radius 1 is 0.880 bits per heavy atom. The molecule has 0 aromatic carbocycles. The van der Waals surface area contributed by atoms with Gasteiger partial charge in [-0.15, -0.1) is 0 Å². The summed E-state index contributed by atoms with van der Waals surface area (Å²) in [7, 11) is -1.67. The molecule has 1 nitrogen and oxygen atoms in total. The van der Waals surface area contributed by atoms with Crippen LogP contribution in [0, 0.1) is 0 Å². The van der Waals surface area contributed by atoms with Gasteiger partial charge in [0.15, 0.2) is 0 Å². The van der Waals surface area contributed by atoms with Gasteiger partial charge in [0, 0.05) is 0 Å². The van der Waals surface area contributed by atoms with E-state index in [1.807, 2.05) is 0 Å². The van der Waals surface area contributed by atoms with Crippen molar-refractivity contribution in [3.8, 4) is 0 Å². The molecule has 150 valence electrons. The molecule has 0 saturated carbocycles. The topological polar surface area (TPSA) is 9.23 Å². The first kappa shape index (κ1) is 25.6. The zero-order valence-electron chi connectivity index (χ0n) is 19.1. The molecular weight excluding hydrogens is 427 g/mol. The second-order valence-corrected chi connectivity index (χ2v) is 28.4. The molecule has 0 heterocycles. The fraction of sp³-hybridized carbons (Fsp3) is 0.909. The summed E-state index contributed by atoms with van der Waals surface area (Å²) in [4.78, 5) is 0. The molecule has 0 aromatic rings. The molecule has 0 aliphatic rings. The van der Waals surface area contributed by atoms with E-state index in [2.05, 4.69) is 67.8 Å². The molecule has 3 heteroatoms. The monoisotopic (exact) mass is 476 g/mol. The Labute approximate surface area is 165 Å². The SMILES string of the molecule is CCC[CH2][Sn]([CH2]CCC)([CH2]CCC)[CH2]/C(C)=C\O[Si](C)(C)C(C)(C)C. The molecule has 0 amide bonds. The fourth-order valence-electron chi connectivity index (χ4n) is 3.35. The third kappa shape index (κ3) is 9.88. The van der Waals surface area contributed by atoms with Gasteiger partial charge in [-0.3, -0.25) is 0 Å². The van der Waals surface area contributed by atoms with E-state index in [0.717, 1.165) is 0 Å². The normalized spacial score (nSPS) is 14.0. The Kier molecular flexibility index (Phi) is 12.4. The van der Waals surface area contributed by atoms with Crippen molar-refractivity contribution in [1.29, 1.82) is 0 Å². The van der Waals surface area contributed by atoms with Crippen LogP contribution < -0.4 is 0 Å². The summed E-state index contributed by atoms with van der Waals surface area (Å²) >= 11 is -2.06. The number of unbranched alkanes of at least 4 members (excludes halogenated alkanes) is 3. The summed E-state index contributed by atoms with van der Waals surface area (Å²) < 4.78 is 12.6. The van der Waals surface area contributed by atoms with Crippen LogP contribution in [-0.4, -0.2) is 26.7 Å². The van der Waals surface area contributed by atoms with Gasteiger partial charge in [0.1, 0.15) is 0 Å². The van der Waals surface area contributed by atoms with E-state index in [-0.39, 0.29) is 5.04 Å². The predicted octanol–water partition coefficient (Wildman–Crippen LogP) is 8.76. The van der Waals surface area contributed by atoms with Crippen LogP contribution in [0.15, 0.2) is 11.8 Å². The number of hydrogen-bond donors (Lipinski definition) is 0. The quantitative estimate of drug-likeness (QED) is 0.191. The summed E-state index contributed by atoms with van der Waals surface area (Å²) in [5.74, 6) is 0. The molecule has 0 fully saturated rings. The molecule has 0 radical (unpaired) electrons. The molecule has 0 rings (SSSR count). The summed E-state index contributed by atoms with van der Waals surface area (Å²) in [6, 6.07) is 0. The van der Waals surface area contributed by atoms with E-state index in [1.54, 1.807) is 18.9 Å². The van der Waals surface area contributed by atoms with Gasteiger partial charge in [-0.2, -0.15) is 0 Å². The van der Waals surface area contributed by atoms with Crippen LogP contribution in [0.1, 0.15) is 87.0 Å². The van der Waals surface area contributed by atoms with Crippen molar-refractivity contribution in [2.24, 2.45) is 0 Å². The Bertz CT molecular complexity index is 360. The third-order valence-corrected chi connectivity index (χ3v) is 26.4. The minimum absolute atomic E-state index is 0.288. The van der Waals surface area contributed by atoms with E-state index in [1.165, 1.54) is 43.0 Å². The van der Waals surface area contributed by atoms with Gasteiger partial charge in [0.2, 0.25) is 0 Å². The van der Waals surface area contributed by atoms with Crippen molar-refractivity contribution in [3.05, 3.63) is 11.8 Å². The summed E-state index contributed by atoms with van der Waals surface area (Å²) in [6.07, 6.45) is 10.6. The fourth-order valence-corrected chi connectivity index (χ4v) is 20.9. The summed E-state index contributed by atoms with van der Waals surface area (Å²) in [6.45, 7) is 21.1. The number of allylic oxidation sites excluding steroid dienone is 1. The third-order valence-electron chi connectivity index (χ3n) is 6.20. The first-order valence-electron chi connectivity index (χ1n) is 10.9. The van der Waals surface area contributed by atoms with Gasteiger partial charge in [0.05, 0.1) is 0 Å². The van der Waals surface area contributed by atoms with Gasteiger partial charge in [-0.05, 0) is 0 Å². The summed E-state index contributed by atoms with van der Waals surface area (Å²) in [5.41, 5.74) is 1.55. The molecule has 0 aromatic heterocycles. The molecule has 0 aliphatic heterocycles. The van der Waals surface area contributed by atoms with Crippen molar-refractivity contribution in [1.82, 2.24) is 0 Å². The van der Waals surface area contributed by atoms with Crippen molar-refractivity contribution in [3.63, 3.8) is 0 Å².